The monoisotopic (exact) mass is 379 g/mol. The van der Waals surface area contributed by atoms with Gasteiger partial charge in [-0.1, -0.05) is 92.8 Å². The highest BCUT2D eigenvalue weighted by molar-refractivity contribution is 5.22. The van der Waals surface area contributed by atoms with Crippen LogP contribution in [0.15, 0.2) is 60.7 Å². The van der Waals surface area contributed by atoms with Crippen molar-refractivity contribution in [3.63, 3.8) is 0 Å². The summed E-state index contributed by atoms with van der Waals surface area (Å²) in [6, 6.07) is 22.0. The van der Waals surface area contributed by atoms with E-state index in [2.05, 4.69) is 60.7 Å². The minimum Gasteiger partial charge on any atom is -0.327 e. The van der Waals surface area contributed by atoms with Crippen molar-refractivity contribution in [2.75, 3.05) is 0 Å². The summed E-state index contributed by atoms with van der Waals surface area (Å²) in [6.45, 7) is 0. The molecule has 0 amide bonds. The average molecular weight is 380 g/mol. The van der Waals surface area contributed by atoms with Crippen LogP contribution >= 0.6 is 0 Å². The van der Waals surface area contributed by atoms with Crippen LogP contribution in [0.3, 0.4) is 0 Å². The van der Waals surface area contributed by atoms with Gasteiger partial charge >= 0.3 is 6.15 Å². The molecule has 2 aliphatic carbocycles. The van der Waals surface area contributed by atoms with Gasteiger partial charge in [-0.3, -0.25) is 0 Å². The quantitative estimate of drug-likeness (QED) is 0.715. The van der Waals surface area contributed by atoms with Crippen molar-refractivity contribution in [1.82, 2.24) is 0 Å². The van der Waals surface area contributed by atoms with E-state index in [9.17, 15) is 0 Å². The Bertz CT molecular complexity index is 674. The van der Waals surface area contributed by atoms with Crippen molar-refractivity contribution < 1.29 is 9.59 Å². The lowest BCUT2D eigenvalue weighted by molar-refractivity contribution is -0.191. The van der Waals surface area contributed by atoms with Gasteiger partial charge in [0, 0.05) is 6.04 Å². The van der Waals surface area contributed by atoms with E-state index >= 15 is 0 Å². The van der Waals surface area contributed by atoms with E-state index in [1.165, 1.54) is 63.4 Å². The van der Waals surface area contributed by atoms with Gasteiger partial charge in [0.05, 0.1) is 0 Å². The van der Waals surface area contributed by atoms with Crippen LogP contribution in [0.1, 0.15) is 80.8 Å². The minimum atomic E-state index is 0.250. The maximum Gasteiger partial charge on any atom is 0.373 e. The molecule has 2 atom stereocenters. The van der Waals surface area contributed by atoms with E-state index < -0.39 is 0 Å². The molecule has 2 aromatic rings. The van der Waals surface area contributed by atoms with E-state index in [0.29, 0.717) is 12.0 Å². The normalized spacial score (nSPS) is 21.9. The van der Waals surface area contributed by atoms with E-state index in [4.69, 9.17) is 15.3 Å². The van der Waals surface area contributed by atoms with Crippen molar-refractivity contribution in [1.29, 1.82) is 0 Å². The number of benzene rings is 2. The van der Waals surface area contributed by atoms with Crippen molar-refractivity contribution in [3.05, 3.63) is 71.8 Å². The first-order valence-electron chi connectivity index (χ1n) is 10.6. The van der Waals surface area contributed by atoms with Crippen LogP contribution in [0, 0.1) is 0 Å². The first-order chi connectivity index (χ1) is 13.8. The van der Waals surface area contributed by atoms with Gasteiger partial charge in [-0.2, -0.15) is 9.59 Å². The molecular formula is C25H33NO2. The molecule has 2 aliphatic rings. The largest absolute Gasteiger partial charge is 0.373 e. The van der Waals surface area contributed by atoms with Gasteiger partial charge in [0.25, 0.3) is 0 Å². The van der Waals surface area contributed by atoms with Crippen molar-refractivity contribution in [2.45, 2.75) is 75.7 Å². The molecule has 0 unspecified atom stereocenters. The fourth-order valence-corrected chi connectivity index (χ4v) is 4.43. The number of rotatable bonds is 2. The van der Waals surface area contributed by atoms with E-state index in [0.717, 1.165) is 5.92 Å². The van der Waals surface area contributed by atoms with Crippen LogP contribution in [0.4, 0.5) is 0 Å². The average Bonchev–Trinajstić information content (AvgIpc) is 2.77. The van der Waals surface area contributed by atoms with Gasteiger partial charge in [-0.05, 0) is 48.6 Å². The Labute approximate surface area is 169 Å². The number of hydrogen-bond acceptors (Lipinski definition) is 3. The highest BCUT2D eigenvalue weighted by Crippen LogP contribution is 2.32. The summed E-state index contributed by atoms with van der Waals surface area (Å²) < 4.78 is 0. The molecule has 0 saturated heterocycles. The minimum absolute atomic E-state index is 0.250. The first kappa shape index (κ1) is 22.1. The summed E-state index contributed by atoms with van der Waals surface area (Å²) in [5.41, 5.74) is 9.09. The second-order valence-electron chi connectivity index (χ2n) is 7.79. The summed E-state index contributed by atoms with van der Waals surface area (Å²) in [6.07, 6.45) is 12.5. The lowest BCUT2D eigenvalue weighted by Crippen LogP contribution is -2.31. The highest BCUT2D eigenvalue weighted by atomic mass is 16.2. The third-order valence-corrected chi connectivity index (χ3v) is 5.92. The van der Waals surface area contributed by atoms with Crippen molar-refractivity contribution >= 4 is 6.15 Å². The number of hydrogen-bond donors (Lipinski definition) is 1. The Morgan fingerprint density at radius 1 is 0.643 bits per heavy atom. The van der Waals surface area contributed by atoms with E-state index in [1.54, 1.807) is 5.56 Å². The zero-order valence-corrected chi connectivity index (χ0v) is 16.8. The van der Waals surface area contributed by atoms with Crippen molar-refractivity contribution in [3.8, 4) is 0 Å². The van der Waals surface area contributed by atoms with Gasteiger partial charge < -0.3 is 5.73 Å². The van der Waals surface area contributed by atoms with Gasteiger partial charge in [0.2, 0.25) is 0 Å². The van der Waals surface area contributed by atoms with Crippen LogP contribution in [0.2, 0.25) is 0 Å². The second-order valence-corrected chi connectivity index (χ2v) is 7.79. The Balaban J connectivity index is 0.000000176. The smallest absolute Gasteiger partial charge is 0.327 e. The Hall–Kier alpha value is -2.22. The summed E-state index contributed by atoms with van der Waals surface area (Å²) in [5, 5.41) is 0. The predicted octanol–water partition coefficient (Wildman–Crippen LogP) is 5.82. The van der Waals surface area contributed by atoms with E-state index in [1.807, 2.05) is 0 Å². The van der Waals surface area contributed by atoms with Crippen LogP contribution < -0.4 is 5.73 Å². The van der Waals surface area contributed by atoms with Crippen LogP contribution in [0.5, 0.6) is 0 Å². The zero-order valence-electron chi connectivity index (χ0n) is 16.8. The van der Waals surface area contributed by atoms with Crippen LogP contribution in [-0.2, 0) is 9.59 Å². The molecule has 4 rings (SSSR count). The van der Waals surface area contributed by atoms with Gasteiger partial charge in [-0.15, -0.1) is 0 Å². The molecule has 2 aromatic carbocycles. The molecule has 3 nitrogen and oxygen atoms in total. The lowest BCUT2D eigenvalue weighted by atomic mass is 9.80. The number of nitrogens with two attached hydrogens (primary N) is 1. The van der Waals surface area contributed by atoms with Gasteiger partial charge in [0.15, 0.2) is 0 Å². The van der Waals surface area contributed by atoms with Crippen molar-refractivity contribution in [2.24, 2.45) is 5.73 Å². The summed E-state index contributed by atoms with van der Waals surface area (Å²) in [5.74, 6) is 1.47. The molecule has 3 heteroatoms. The number of carbonyl (C=O) groups excluding carboxylic acids is 2. The maximum atomic E-state index is 8.12. The standard InChI is InChI=1S/C12H17N.C12H16.CO2/c13-12-9-5-4-8-11(12)10-6-2-1-3-7-10;1-3-7-11(8-4-1)12-9-5-2-6-10-12;2-1-3/h1-3,6-7,11-12H,4-5,8-9,13H2;1,3-4,7-8,12H,2,5-6,9-10H2;/t11-,12+;;/m1../s1. The summed E-state index contributed by atoms with van der Waals surface area (Å²) in [7, 11) is 0. The molecule has 2 fully saturated rings. The summed E-state index contributed by atoms with van der Waals surface area (Å²) >= 11 is 0. The fraction of sp³-hybridized carbons (Fsp3) is 0.480. The maximum absolute atomic E-state index is 8.12. The van der Waals surface area contributed by atoms with Crippen LogP contribution in [-0.4, -0.2) is 12.2 Å². The molecule has 0 aromatic heterocycles. The topological polar surface area (TPSA) is 60.2 Å². The molecule has 2 saturated carbocycles. The molecule has 150 valence electrons. The Kier molecular flexibility index (Phi) is 10.3. The molecule has 0 spiro atoms. The molecule has 2 N–H and O–H groups in total. The Morgan fingerprint density at radius 2 is 1.11 bits per heavy atom. The Morgan fingerprint density at radius 3 is 1.64 bits per heavy atom. The van der Waals surface area contributed by atoms with E-state index in [-0.39, 0.29) is 6.15 Å². The lowest BCUT2D eigenvalue weighted by Gasteiger charge is -2.28. The van der Waals surface area contributed by atoms with Gasteiger partial charge in [0.1, 0.15) is 0 Å². The second kappa shape index (κ2) is 13.0. The molecular weight excluding hydrogens is 346 g/mol. The highest BCUT2D eigenvalue weighted by Gasteiger charge is 2.22. The van der Waals surface area contributed by atoms with Crippen LogP contribution in [0.25, 0.3) is 0 Å². The third kappa shape index (κ3) is 7.42. The molecule has 28 heavy (non-hydrogen) atoms. The molecule has 0 heterocycles. The molecule has 0 radical (unpaired) electrons. The molecule has 0 bridgehead atoms. The molecule has 0 aliphatic heterocycles. The van der Waals surface area contributed by atoms with Gasteiger partial charge in [-0.25, -0.2) is 0 Å². The SMILES string of the molecule is N[C@H]1CCCC[C@@H]1c1ccccc1.O=C=O.c1ccc(C2CCCCC2)cc1. The summed E-state index contributed by atoms with van der Waals surface area (Å²) in [4.78, 5) is 16.2. The fourth-order valence-electron chi connectivity index (χ4n) is 4.43. The first-order valence-corrected chi connectivity index (χ1v) is 10.6. The predicted molar refractivity (Wildman–Crippen MR) is 113 cm³/mol. The third-order valence-electron chi connectivity index (χ3n) is 5.92. The zero-order chi connectivity index (χ0) is 20.0.